The van der Waals surface area contributed by atoms with Crippen molar-refractivity contribution in [2.24, 2.45) is 11.8 Å². The van der Waals surface area contributed by atoms with Crippen molar-refractivity contribution in [3.8, 4) is 17.1 Å². The van der Waals surface area contributed by atoms with Gasteiger partial charge < -0.3 is 9.47 Å². The minimum Gasteiger partial charge on any atom is -0.434 e. The predicted octanol–water partition coefficient (Wildman–Crippen LogP) is 5.22. The highest BCUT2D eigenvalue weighted by Gasteiger charge is 2.22. The molecule has 0 radical (unpaired) electrons. The van der Waals surface area contributed by atoms with E-state index in [1.165, 1.54) is 30.5 Å². The van der Waals surface area contributed by atoms with Crippen LogP contribution in [0.25, 0.3) is 11.4 Å². The van der Waals surface area contributed by atoms with Gasteiger partial charge in [-0.3, -0.25) is 0 Å². The molecule has 0 saturated heterocycles. The van der Waals surface area contributed by atoms with Gasteiger partial charge in [0.2, 0.25) is 0 Å². The number of aromatic nitrogens is 2. The molecule has 3 rings (SSSR count). The third kappa shape index (κ3) is 5.06. The minimum atomic E-state index is -0.692. The molecule has 1 aliphatic rings. The summed E-state index contributed by atoms with van der Waals surface area (Å²) < 4.78 is 9.86. The standard InChI is InChI=1S/C22H28N2O3/c1-4-15(3)12-16-6-11-20-18(13-16)14-23-21(24-20)17-7-9-19(10-8-17)27-22(25)26-5-2/h7-10,14-16H,4-6,11-13H2,1-3H3. The van der Waals surface area contributed by atoms with E-state index in [0.29, 0.717) is 5.75 Å². The van der Waals surface area contributed by atoms with Crippen LogP contribution in [0.5, 0.6) is 5.75 Å². The number of benzene rings is 1. The Morgan fingerprint density at radius 3 is 2.74 bits per heavy atom. The van der Waals surface area contributed by atoms with Gasteiger partial charge in [0.05, 0.1) is 6.61 Å². The first-order valence-corrected chi connectivity index (χ1v) is 9.88. The van der Waals surface area contributed by atoms with Crippen LogP contribution in [0.1, 0.15) is 51.3 Å². The monoisotopic (exact) mass is 368 g/mol. The lowest BCUT2D eigenvalue weighted by atomic mass is 9.81. The Balaban J connectivity index is 1.68. The predicted molar refractivity (Wildman–Crippen MR) is 105 cm³/mol. The summed E-state index contributed by atoms with van der Waals surface area (Å²) in [6, 6.07) is 7.20. The van der Waals surface area contributed by atoms with Crippen LogP contribution in [0, 0.1) is 11.8 Å². The number of carbonyl (C=O) groups excluding carboxylic acids is 1. The lowest BCUT2D eigenvalue weighted by Gasteiger charge is -2.26. The van der Waals surface area contributed by atoms with Crippen LogP contribution in [-0.2, 0) is 17.6 Å². The van der Waals surface area contributed by atoms with Gasteiger partial charge in [0.1, 0.15) is 5.75 Å². The summed E-state index contributed by atoms with van der Waals surface area (Å²) in [7, 11) is 0. The highest BCUT2D eigenvalue weighted by Crippen LogP contribution is 2.30. The number of nitrogens with zero attached hydrogens (tertiary/aromatic N) is 2. The molecule has 144 valence electrons. The number of hydrogen-bond acceptors (Lipinski definition) is 5. The molecule has 1 aromatic heterocycles. The normalized spacial score (nSPS) is 17.1. The van der Waals surface area contributed by atoms with Crippen LogP contribution in [-0.4, -0.2) is 22.7 Å². The van der Waals surface area contributed by atoms with E-state index >= 15 is 0 Å². The molecule has 5 nitrogen and oxygen atoms in total. The number of carbonyl (C=O) groups is 1. The fourth-order valence-corrected chi connectivity index (χ4v) is 3.57. The molecule has 27 heavy (non-hydrogen) atoms. The topological polar surface area (TPSA) is 61.3 Å². The van der Waals surface area contributed by atoms with E-state index in [2.05, 4.69) is 18.8 Å². The van der Waals surface area contributed by atoms with Crippen LogP contribution in [0.3, 0.4) is 0 Å². The van der Waals surface area contributed by atoms with E-state index in [-0.39, 0.29) is 6.61 Å². The first kappa shape index (κ1) is 19.3. The zero-order valence-corrected chi connectivity index (χ0v) is 16.4. The van der Waals surface area contributed by atoms with E-state index in [4.69, 9.17) is 14.5 Å². The molecular formula is C22H28N2O3. The maximum atomic E-state index is 11.4. The molecule has 2 unspecified atom stereocenters. The molecule has 0 N–H and O–H groups in total. The molecule has 0 fully saturated rings. The average molecular weight is 368 g/mol. The van der Waals surface area contributed by atoms with Gasteiger partial charge in [0.25, 0.3) is 0 Å². The molecule has 5 heteroatoms. The Morgan fingerprint density at radius 1 is 1.26 bits per heavy atom. The first-order valence-electron chi connectivity index (χ1n) is 9.88. The highest BCUT2D eigenvalue weighted by molar-refractivity contribution is 5.65. The quantitative estimate of drug-likeness (QED) is 0.517. The molecule has 1 aromatic carbocycles. The van der Waals surface area contributed by atoms with Crippen LogP contribution >= 0.6 is 0 Å². The van der Waals surface area contributed by atoms with Crippen molar-refractivity contribution in [2.75, 3.05) is 6.61 Å². The summed E-state index contributed by atoms with van der Waals surface area (Å²) >= 11 is 0. The fourth-order valence-electron chi connectivity index (χ4n) is 3.57. The lowest BCUT2D eigenvalue weighted by molar-refractivity contribution is 0.104. The average Bonchev–Trinajstić information content (AvgIpc) is 2.68. The SMILES string of the molecule is CCOC(=O)Oc1ccc(-c2ncc3c(n2)CCC(CC(C)CC)C3)cc1. The third-order valence-corrected chi connectivity index (χ3v) is 5.26. The molecule has 0 bridgehead atoms. The second kappa shape index (κ2) is 8.98. The van der Waals surface area contributed by atoms with Crippen LogP contribution < -0.4 is 4.74 Å². The van der Waals surface area contributed by atoms with Gasteiger partial charge in [0, 0.05) is 17.5 Å². The van der Waals surface area contributed by atoms with Crippen LogP contribution in [0.15, 0.2) is 30.5 Å². The maximum absolute atomic E-state index is 11.4. The van der Waals surface area contributed by atoms with Crippen molar-refractivity contribution in [2.45, 2.75) is 52.9 Å². The number of ether oxygens (including phenoxy) is 2. The lowest BCUT2D eigenvalue weighted by Crippen LogP contribution is -2.18. The molecule has 0 spiro atoms. The largest absolute Gasteiger partial charge is 0.513 e. The number of hydrogen-bond donors (Lipinski definition) is 0. The van der Waals surface area contributed by atoms with Crippen molar-refractivity contribution in [3.05, 3.63) is 41.7 Å². The van der Waals surface area contributed by atoms with Crippen molar-refractivity contribution >= 4 is 6.16 Å². The summed E-state index contributed by atoms with van der Waals surface area (Å²) in [4.78, 5) is 20.7. The maximum Gasteiger partial charge on any atom is 0.513 e. The van der Waals surface area contributed by atoms with E-state index < -0.39 is 6.16 Å². The molecule has 0 saturated carbocycles. The Bertz CT molecular complexity index is 774. The van der Waals surface area contributed by atoms with E-state index in [1.807, 2.05) is 18.3 Å². The summed E-state index contributed by atoms with van der Waals surface area (Å²) in [5, 5.41) is 0. The van der Waals surface area contributed by atoms with Crippen LogP contribution in [0.4, 0.5) is 4.79 Å². The number of fused-ring (bicyclic) bond motifs is 1. The molecule has 2 atom stereocenters. The van der Waals surface area contributed by atoms with Crippen molar-refractivity contribution < 1.29 is 14.3 Å². The zero-order chi connectivity index (χ0) is 19.2. The smallest absolute Gasteiger partial charge is 0.434 e. The van der Waals surface area contributed by atoms with E-state index in [9.17, 15) is 4.79 Å². The zero-order valence-electron chi connectivity index (χ0n) is 16.4. The van der Waals surface area contributed by atoms with Gasteiger partial charge in [-0.25, -0.2) is 14.8 Å². The molecule has 0 amide bonds. The molecule has 1 aliphatic carbocycles. The van der Waals surface area contributed by atoms with E-state index in [0.717, 1.165) is 36.1 Å². The molecule has 1 heterocycles. The van der Waals surface area contributed by atoms with Gasteiger partial charge in [-0.15, -0.1) is 0 Å². The van der Waals surface area contributed by atoms with Gasteiger partial charge in [-0.1, -0.05) is 20.3 Å². The van der Waals surface area contributed by atoms with E-state index in [1.54, 1.807) is 19.1 Å². The molecule has 2 aromatic rings. The van der Waals surface area contributed by atoms with Gasteiger partial charge in [-0.2, -0.15) is 0 Å². The van der Waals surface area contributed by atoms with Gasteiger partial charge in [-0.05, 0) is 74.3 Å². The number of aryl methyl sites for hydroxylation is 1. The Kier molecular flexibility index (Phi) is 6.43. The van der Waals surface area contributed by atoms with Crippen molar-refractivity contribution in [1.82, 2.24) is 9.97 Å². The third-order valence-electron chi connectivity index (χ3n) is 5.26. The minimum absolute atomic E-state index is 0.290. The Hall–Kier alpha value is -2.43. The Labute approximate surface area is 161 Å². The van der Waals surface area contributed by atoms with Gasteiger partial charge >= 0.3 is 6.16 Å². The van der Waals surface area contributed by atoms with Crippen molar-refractivity contribution in [3.63, 3.8) is 0 Å². The van der Waals surface area contributed by atoms with Crippen LogP contribution in [0.2, 0.25) is 0 Å². The summed E-state index contributed by atoms with van der Waals surface area (Å²) in [5.41, 5.74) is 3.38. The molecular weight excluding hydrogens is 340 g/mol. The second-order valence-electron chi connectivity index (χ2n) is 7.33. The Morgan fingerprint density at radius 2 is 2.04 bits per heavy atom. The summed E-state index contributed by atoms with van der Waals surface area (Å²) in [6.07, 6.45) is 7.15. The number of rotatable bonds is 6. The molecule has 0 aliphatic heterocycles. The summed E-state index contributed by atoms with van der Waals surface area (Å²) in [5.74, 6) is 2.70. The summed E-state index contributed by atoms with van der Waals surface area (Å²) in [6.45, 7) is 6.63. The van der Waals surface area contributed by atoms with Gasteiger partial charge in [0.15, 0.2) is 5.82 Å². The second-order valence-corrected chi connectivity index (χ2v) is 7.33. The fraction of sp³-hybridized carbons (Fsp3) is 0.500. The van der Waals surface area contributed by atoms with Crippen molar-refractivity contribution in [1.29, 1.82) is 0 Å². The first-order chi connectivity index (χ1) is 13.1. The highest BCUT2D eigenvalue weighted by atomic mass is 16.7.